The van der Waals surface area contributed by atoms with Crippen molar-refractivity contribution in [1.82, 2.24) is 4.98 Å². The Labute approximate surface area is 122 Å². The summed E-state index contributed by atoms with van der Waals surface area (Å²) < 4.78 is 0. The number of carbonyl (C=O) groups is 1. The lowest BCUT2D eigenvalue weighted by atomic mass is 10.1. The van der Waals surface area contributed by atoms with Gasteiger partial charge in [0.25, 0.3) is 5.56 Å². The molecule has 0 fully saturated rings. The summed E-state index contributed by atoms with van der Waals surface area (Å²) in [5.41, 5.74) is -0.227. The highest BCUT2D eigenvalue weighted by molar-refractivity contribution is 6.45. The minimum absolute atomic E-state index is 0.231. The van der Waals surface area contributed by atoms with Crippen LogP contribution in [0.5, 0.6) is 0 Å². The number of carboxylic acid groups (broad SMARTS) is 1. The number of benzene rings is 1. The summed E-state index contributed by atoms with van der Waals surface area (Å²) in [4.78, 5) is 24.6. The summed E-state index contributed by atoms with van der Waals surface area (Å²) in [5, 5.41) is 9.74. The number of pyridine rings is 1. The van der Waals surface area contributed by atoms with Gasteiger partial charge in [-0.25, -0.2) is 4.79 Å². The first-order valence-electron chi connectivity index (χ1n) is 5.01. The van der Waals surface area contributed by atoms with Crippen molar-refractivity contribution in [1.29, 1.82) is 0 Å². The number of hydrogen-bond acceptors (Lipinski definition) is 2. The Balaban J connectivity index is 2.69. The summed E-state index contributed by atoms with van der Waals surface area (Å²) in [6.45, 7) is 0. The molecule has 0 amide bonds. The standard InChI is InChI=1S/C12H6Cl3NO3/c13-6-2-7(10(15)9(14)3-6)5-1-8(12(18)19)11(17)16-4-5/h1-4H,(H,16,17)(H,18,19). The molecule has 2 rings (SSSR count). The number of carboxylic acids is 1. The van der Waals surface area contributed by atoms with E-state index in [9.17, 15) is 9.59 Å². The van der Waals surface area contributed by atoms with Crippen LogP contribution in [-0.2, 0) is 0 Å². The van der Waals surface area contributed by atoms with Gasteiger partial charge in [0.05, 0.1) is 10.0 Å². The van der Waals surface area contributed by atoms with E-state index in [4.69, 9.17) is 39.9 Å². The smallest absolute Gasteiger partial charge is 0.341 e. The molecule has 0 aliphatic carbocycles. The molecule has 0 aliphatic rings. The second-order valence-corrected chi connectivity index (χ2v) is 4.91. The number of hydrogen-bond donors (Lipinski definition) is 2. The molecule has 0 saturated heterocycles. The van der Waals surface area contributed by atoms with E-state index in [1.165, 1.54) is 24.4 Å². The fourth-order valence-electron chi connectivity index (χ4n) is 1.56. The maximum atomic E-state index is 11.3. The van der Waals surface area contributed by atoms with E-state index in [0.717, 1.165) is 0 Å². The molecule has 1 aromatic carbocycles. The largest absolute Gasteiger partial charge is 0.477 e. The van der Waals surface area contributed by atoms with E-state index in [-0.39, 0.29) is 15.6 Å². The minimum atomic E-state index is -1.33. The van der Waals surface area contributed by atoms with Crippen LogP contribution in [0, 0.1) is 0 Å². The molecule has 0 aliphatic heterocycles. The van der Waals surface area contributed by atoms with Gasteiger partial charge in [0.2, 0.25) is 0 Å². The van der Waals surface area contributed by atoms with E-state index in [2.05, 4.69) is 4.98 Å². The zero-order chi connectivity index (χ0) is 14.2. The highest BCUT2D eigenvalue weighted by Crippen LogP contribution is 2.36. The first kappa shape index (κ1) is 13.9. The maximum absolute atomic E-state index is 11.3. The van der Waals surface area contributed by atoms with Crippen molar-refractivity contribution >= 4 is 40.8 Å². The van der Waals surface area contributed by atoms with E-state index >= 15 is 0 Å². The Morgan fingerprint density at radius 3 is 2.47 bits per heavy atom. The molecule has 0 bridgehead atoms. The molecule has 1 heterocycles. The predicted octanol–water partition coefficient (Wildman–Crippen LogP) is 3.70. The molecule has 1 aromatic heterocycles. The number of H-pyrrole nitrogens is 1. The summed E-state index contributed by atoms with van der Waals surface area (Å²) in [7, 11) is 0. The zero-order valence-corrected chi connectivity index (χ0v) is 11.5. The molecule has 0 unspecified atom stereocenters. The second-order valence-electron chi connectivity index (χ2n) is 3.69. The third-order valence-electron chi connectivity index (χ3n) is 2.44. The van der Waals surface area contributed by atoms with Crippen molar-refractivity contribution in [3.8, 4) is 11.1 Å². The third-order valence-corrected chi connectivity index (χ3v) is 3.46. The van der Waals surface area contributed by atoms with Gasteiger partial charge in [-0.1, -0.05) is 34.8 Å². The molecule has 19 heavy (non-hydrogen) atoms. The van der Waals surface area contributed by atoms with E-state index < -0.39 is 11.5 Å². The number of halogens is 3. The normalized spacial score (nSPS) is 10.5. The fourth-order valence-corrected chi connectivity index (χ4v) is 2.28. The van der Waals surface area contributed by atoms with Crippen molar-refractivity contribution in [2.75, 3.05) is 0 Å². The Kier molecular flexibility index (Phi) is 3.85. The van der Waals surface area contributed by atoms with Crippen LogP contribution >= 0.6 is 34.8 Å². The van der Waals surface area contributed by atoms with Gasteiger partial charge in [-0.05, 0) is 18.2 Å². The van der Waals surface area contributed by atoms with Crippen LogP contribution in [0.15, 0.2) is 29.2 Å². The number of aromatic nitrogens is 1. The second kappa shape index (κ2) is 5.25. The number of aromatic carboxylic acids is 1. The number of rotatable bonds is 2. The average Bonchev–Trinajstić information content (AvgIpc) is 2.34. The monoisotopic (exact) mass is 317 g/mol. The quantitative estimate of drug-likeness (QED) is 0.829. The first-order valence-corrected chi connectivity index (χ1v) is 6.14. The Bertz CT molecular complexity index is 725. The Morgan fingerprint density at radius 2 is 1.84 bits per heavy atom. The highest BCUT2D eigenvalue weighted by Gasteiger charge is 2.14. The summed E-state index contributed by atoms with van der Waals surface area (Å²) >= 11 is 17.8. The lowest BCUT2D eigenvalue weighted by Gasteiger charge is -2.07. The molecule has 0 atom stereocenters. The molecule has 98 valence electrons. The van der Waals surface area contributed by atoms with Crippen LogP contribution in [0.25, 0.3) is 11.1 Å². The van der Waals surface area contributed by atoms with Gasteiger partial charge < -0.3 is 10.1 Å². The van der Waals surface area contributed by atoms with Crippen molar-refractivity contribution < 1.29 is 9.90 Å². The van der Waals surface area contributed by atoms with Crippen LogP contribution in [0.1, 0.15) is 10.4 Å². The molecule has 4 nitrogen and oxygen atoms in total. The fraction of sp³-hybridized carbons (Fsp3) is 0. The minimum Gasteiger partial charge on any atom is -0.477 e. The van der Waals surface area contributed by atoms with Gasteiger partial charge in [0, 0.05) is 22.3 Å². The van der Waals surface area contributed by atoms with Gasteiger partial charge in [-0.2, -0.15) is 0 Å². The third kappa shape index (κ3) is 2.76. The van der Waals surface area contributed by atoms with Crippen LogP contribution in [0.2, 0.25) is 15.1 Å². The molecular weight excluding hydrogens is 312 g/mol. The Morgan fingerprint density at radius 1 is 1.16 bits per heavy atom. The van der Waals surface area contributed by atoms with Crippen molar-refractivity contribution in [3.63, 3.8) is 0 Å². The van der Waals surface area contributed by atoms with Crippen LogP contribution < -0.4 is 5.56 Å². The predicted molar refractivity (Wildman–Crippen MR) is 74.5 cm³/mol. The van der Waals surface area contributed by atoms with Crippen molar-refractivity contribution in [3.05, 3.63) is 55.4 Å². The summed E-state index contributed by atoms with van der Waals surface area (Å²) in [6, 6.07) is 4.23. The molecule has 7 heteroatoms. The molecule has 2 N–H and O–H groups in total. The zero-order valence-electron chi connectivity index (χ0n) is 9.21. The molecule has 0 spiro atoms. The van der Waals surface area contributed by atoms with Gasteiger partial charge in [0.15, 0.2) is 0 Å². The van der Waals surface area contributed by atoms with E-state index in [1.807, 2.05) is 0 Å². The van der Waals surface area contributed by atoms with Gasteiger partial charge in [0.1, 0.15) is 5.56 Å². The SMILES string of the molecule is O=C(O)c1cc(-c2cc(Cl)cc(Cl)c2Cl)c[nH]c1=O. The first-order chi connectivity index (χ1) is 8.90. The topological polar surface area (TPSA) is 70.2 Å². The number of nitrogens with one attached hydrogen (secondary N) is 1. The molecule has 0 radical (unpaired) electrons. The lowest BCUT2D eigenvalue weighted by Crippen LogP contribution is -2.16. The van der Waals surface area contributed by atoms with E-state index in [0.29, 0.717) is 16.1 Å². The maximum Gasteiger partial charge on any atom is 0.341 e. The van der Waals surface area contributed by atoms with Crippen LogP contribution in [-0.4, -0.2) is 16.1 Å². The number of aromatic amines is 1. The van der Waals surface area contributed by atoms with E-state index in [1.54, 1.807) is 0 Å². The average molecular weight is 319 g/mol. The summed E-state index contributed by atoms with van der Waals surface area (Å²) in [6.07, 6.45) is 1.35. The highest BCUT2D eigenvalue weighted by atomic mass is 35.5. The van der Waals surface area contributed by atoms with Crippen molar-refractivity contribution in [2.24, 2.45) is 0 Å². The molecule has 0 saturated carbocycles. The summed E-state index contributed by atoms with van der Waals surface area (Å²) in [5.74, 6) is -1.33. The van der Waals surface area contributed by atoms with Gasteiger partial charge in [-0.15, -0.1) is 0 Å². The van der Waals surface area contributed by atoms with Crippen LogP contribution in [0.4, 0.5) is 0 Å². The van der Waals surface area contributed by atoms with Crippen LogP contribution in [0.3, 0.4) is 0 Å². The molecule has 2 aromatic rings. The lowest BCUT2D eigenvalue weighted by molar-refractivity contribution is 0.0695. The molecular formula is C12H6Cl3NO3. The van der Waals surface area contributed by atoms with Gasteiger partial charge in [-0.3, -0.25) is 4.79 Å². The Hall–Kier alpha value is -1.49. The van der Waals surface area contributed by atoms with Gasteiger partial charge >= 0.3 is 5.97 Å². The van der Waals surface area contributed by atoms with Crippen molar-refractivity contribution in [2.45, 2.75) is 0 Å².